The maximum atomic E-state index is 11.2. The maximum Gasteiger partial charge on any atom is 0.320 e. The van der Waals surface area contributed by atoms with Crippen molar-refractivity contribution >= 4 is 5.97 Å². The van der Waals surface area contributed by atoms with Gasteiger partial charge in [0.2, 0.25) is 0 Å². The van der Waals surface area contributed by atoms with E-state index >= 15 is 0 Å². The molecule has 1 rings (SSSR count). The summed E-state index contributed by atoms with van der Waals surface area (Å²) < 4.78 is 5.17. The fraction of sp³-hybridized carbons (Fsp3) is 0.917. The van der Waals surface area contributed by atoms with Gasteiger partial charge >= 0.3 is 5.97 Å². The van der Waals surface area contributed by atoms with Crippen LogP contribution < -0.4 is 11.1 Å². The molecular weight excluding hydrogens is 300 g/mol. The molecule has 0 saturated carbocycles. The normalized spacial score (nSPS) is 35.1. The average molecular weight is 324 g/mol. The first kappa shape index (κ1) is 19.2. The van der Waals surface area contributed by atoms with E-state index in [-0.39, 0.29) is 19.4 Å². The molecule has 10 nitrogen and oxygen atoms in total. The highest BCUT2D eigenvalue weighted by atomic mass is 16.6. The van der Waals surface area contributed by atoms with E-state index in [2.05, 4.69) is 5.32 Å². The molecule has 1 unspecified atom stereocenters. The SMILES string of the molecule is NC[C@H](O)CC[C@H](NC1O[C@H](CO)[C@@H](O)[C@H](O)[C@H]1O)C(=O)O. The lowest BCUT2D eigenvalue weighted by Crippen LogP contribution is -2.64. The molecule has 7 atom stereocenters. The predicted molar refractivity (Wildman–Crippen MR) is 72.6 cm³/mol. The van der Waals surface area contributed by atoms with E-state index in [1.807, 2.05) is 0 Å². The van der Waals surface area contributed by atoms with Crippen LogP contribution in [0.25, 0.3) is 0 Å². The molecule has 1 aliphatic heterocycles. The fourth-order valence-corrected chi connectivity index (χ4v) is 2.19. The van der Waals surface area contributed by atoms with Crippen molar-refractivity contribution in [1.82, 2.24) is 5.32 Å². The van der Waals surface area contributed by atoms with E-state index in [0.717, 1.165) is 0 Å². The lowest BCUT2D eigenvalue weighted by atomic mass is 9.97. The number of carbonyl (C=O) groups is 1. The van der Waals surface area contributed by atoms with Gasteiger partial charge in [-0.15, -0.1) is 0 Å². The molecule has 1 saturated heterocycles. The number of nitrogens with two attached hydrogens (primary N) is 1. The van der Waals surface area contributed by atoms with Crippen LogP contribution in [-0.2, 0) is 9.53 Å². The minimum Gasteiger partial charge on any atom is -0.480 e. The standard InChI is InChI=1S/C12H24N2O8/c13-3-5(16)1-2-6(12(20)21)14-11-10(19)9(18)8(17)7(4-15)22-11/h5-11,14-19H,1-4,13H2,(H,20,21)/t5-,6+,7-,8-,9+,10-,11?/m1/s1. The summed E-state index contributed by atoms with van der Waals surface area (Å²) in [5.41, 5.74) is 5.24. The number of nitrogens with one attached hydrogen (secondary N) is 1. The Morgan fingerprint density at radius 1 is 1.18 bits per heavy atom. The highest BCUT2D eigenvalue weighted by molar-refractivity contribution is 5.73. The highest BCUT2D eigenvalue weighted by Gasteiger charge is 2.44. The summed E-state index contributed by atoms with van der Waals surface area (Å²) in [5, 5.41) is 59.2. The van der Waals surface area contributed by atoms with Crippen molar-refractivity contribution < 1.29 is 40.2 Å². The predicted octanol–water partition coefficient (Wildman–Crippen LogP) is -4.07. The van der Waals surface area contributed by atoms with E-state index in [1.165, 1.54) is 0 Å². The minimum absolute atomic E-state index is 0.00755. The molecule has 9 N–H and O–H groups in total. The number of rotatable bonds is 8. The Balaban J connectivity index is 2.68. The van der Waals surface area contributed by atoms with E-state index in [4.69, 9.17) is 20.7 Å². The zero-order valence-corrected chi connectivity index (χ0v) is 11.9. The lowest BCUT2D eigenvalue weighted by molar-refractivity contribution is -0.238. The molecule has 22 heavy (non-hydrogen) atoms. The van der Waals surface area contributed by atoms with Crippen molar-refractivity contribution in [3.63, 3.8) is 0 Å². The molecule has 0 radical (unpaired) electrons. The van der Waals surface area contributed by atoms with E-state index in [1.54, 1.807) is 0 Å². The third-order valence-corrected chi connectivity index (χ3v) is 3.62. The number of carboxylic acid groups (broad SMARTS) is 1. The van der Waals surface area contributed by atoms with Gasteiger partial charge in [0.25, 0.3) is 0 Å². The second-order valence-electron chi connectivity index (χ2n) is 5.27. The molecule has 0 bridgehead atoms. The molecule has 0 aromatic rings. The van der Waals surface area contributed by atoms with E-state index < -0.39 is 55.4 Å². The number of hydrogen-bond donors (Lipinski definition) is 8. The van der Waals surface area contributed by atoms with Gasteiger partial charge in [-0.2, -0.15) is 0 Å². The number of ether oxygens (including phenoxy) is 1. The Morgan fingerprint density at radius 2 is 1.82 bits per heavy atom. The number of aliphatic carboxylic acids is 1. The Kier molecular flexibility index (Phi) is 7.59. The van der Waals surface area contributed by atoms with Crippen LogP contribution in [0, 0.1) is 0 Å². The largest absolute Gasteiger partial charge is 0.480 e. The molecule has 0 spiro atoms. The second kappa shape index (κ2) is 8.70. The molecule has 0 aromatic heterocycles. The van der Waals surface area contributed by atoms with Crippen LogP contribution in [0.5, 0.6) is 0 Å². The first-order valence-electron chi connectivity index (χ1n) is 6.99. The minimum atomic E-state index is -1.59. The van der Waals surface area contributed by atoms with Crippen LogP contribution in [0.4, 0.5) is 0 Å². The Labute approximate surface area is 127 Å². The smallest absolute Gasteiger partial charge is 0.320 e. The van der Waals surface area contributed by atoms with E-state index in [0.29, 0.717) is 0 Å². The lowest BCUT2D eigenvalue weighted by Gasteiger charge is -2.41. The van der Waals surface area contributed by atoms with Gasteiger partial charge in [0.15, 0.2) is 0 Å². The van der Waals surface area contributed by atoms with Gasteiger partial charge in [0.1, 0.15) is 36.7 Å². The Morgan fingerprint density at radius 3 is 2.32 bits per heavy atom. The van der Waals surface area contributed by atoms with Gasteiger partial charge in [-0.1, -0.05) is 0 Å². The van der Waals surface area contributed by atoms with Crippen LogP contribution in [0.2, 0.25) is 0 Å². The molecule has 0 amide bonds. The number of hydrogen-bond acceptors (Lipinski definition) is 9. The van der Waals surface area contributed by atoms with Crippen molar-refractivity contribution in [2.75, 3.05) is 13.2 Å². The monoisotopic (exact) mass is 324 g/mol. The maximum absolute atomic E-state index is 11.2. The van der Waals surface area contributed by atoms with Crippen molar-refractivity contribution in [2.24, 2.45) is 5.73 Å². The summed E-state index contributed by atoms with van der Waals surface area (Å²) in [7, 11) is 0. The van der Waals surface area contributed by atoms with Crippen LogP contribution in [0.15, 0.2) is 0 Å². The molecular formula is C12H24N2O8. The van der Waals surface area contributed by atoms with Crippen molar-refractivity contribution in [2.45, 2.75) is 55.6 Å². The molecule has 10 heteroatoms. The molecule has 1 fully saturated rings. The number of aliphatic hydroxyl groups is 5. The topological polar surface area (TPSA) is 186 Å². The summed E-state index contributed by atoms with van der Waals surface area (Å²) in [6.07, 6.45) is -7.79. The Hall–Kier alpha value is -0.850. The first-order chi connectivity index (χ1) is 10.3. The third-order valence-electron chi connectivity index (χ3n) is 3.62. The first-order valence-corrected chi connectivity index (χ1v) is 6.99. The van der Waals surface area contributed by atoms with Crippen LogP contribution >= 0.6 is 0 Å². The summed E-state index contributed by atoms with van der Waals surface area (Å²) in [4.78, 5) is 11.2. The molecule has 130 valence electrons. The summed E-state index contributed by atoms with van der Waals surface area (Å²) in [5.74, 6) is -1.24. The summed E-state index contributed by atoms with van der Waals surface area (Å²) in [6, 6.07) is -1.16. The van der Waals surface area contributed by atoms with Gasteiger partial charge in [-0.05, 0) is 12.8 Å². The van der Waals surface area contributed by atoms with Gasteiger partial charge in [-0.25, -0.2) is 0 Å². The van der Waals surface area contributed by atoms with Crippen LogP contribution in [-0.4, -0.2) is 92.5 Å². The fourth-order valence-electron chi connectivity index (χ4n) is 2.19. The van der Waals surface area contributed by atoms with Crippen molar-refractivity contribution in [3.8, 4) is 0 Å². The zero-order valence-electron chi connectivity index (χ0n) is 11.9. The Bertz CT molecular complexity index is 356. The second-order valence-corrected chi connectivity index (χ2v) is 5.27. The van der Waals surface area contributed by atoms with Gasteiger partial charge < -0.3 is 41.1 Å². The van der Waals surface area contributed by atoms with Crippen molar-refractivity contribution in [1.29, 1.82) is 0 Å². The molecule has 0 aromatic carbocycles. The average Bonchev–Trinajstić information content (AvgIpc) is 2.50. The summed E-state index contributed by atoms with van der Waals surface area (Å²) >= 11 is 0. The van der Waals surface area contributed by atoms with Crippen LogP contribution in [0.1, 0.15) is 12.8 Å². The quantitative estimate of drug-likeness (QED) is 0.218. The molecule has 0 aliphatic carbocycles. The molecule has 1 heterocycles. The van der Waals surface area contributed by atoms with Gasteiger partial charge in [-0.3, -0.25) is 10.1 Å². The van der Waals surface area contributed by atoms with Crippen molar-refractivity contribution in [3.05, 3.63) is 0 Å². The van der Waals surface area contributed by atoms with E-state index in [9.17, 15) is 25.2 Å². The number of carboxylic acids is 1. The van der Waals surface area contributed by atoms with Crippen LogP contribution in [0.3, 0.4) is 0 Å². The third kappa shape index (κ3) is 4.83. The zero-order chi connectivity index (χ0) is 16.9. The highest BCUT2D eigenvalue weighted by Crippen LogP contribution is 2.20. The molecule has 1 aliphatic rings. The van der Waals surface area contributed by atoms with Gasteiger partial charge in [0.05, 0.1) is 12.7 Å². The number of aliphatic hydroxyl groups excluding tert-OH is 5. The summed E-state index contributed by atoms with van der Waals surface area (Å²) in [6.45, 7) is -0.612. The van der Waals surface area contributed by atoms with Gasteiger partial charge in [0, 0.05) is 6.54 Å².